The van der Waals surface area contributed by atoms with E-state index in [2.05, 4.69) is 16.0 Å². The SMILES string of the molecule is Cc1ccccc1C(=O)NCC(=O)OCC(=O)NC(=O)Nc1cccc(C)c1C. The van der Waals surface area contributed by atoms with Gasteiger partial charge in [0.05, 0.1) is 0 Å². The third-order valence-electron chi connectivity index (χ3n) is 4.25. The maximum absolute atomic E-state index is 12.0. The fourth-order valence-corrected chi connectivity index (χ4v) is 2.48. The van der Waals surface area contributed by atoms with Crippen molar-refractivity contribution in [3.63, 3.8) is 0 Å². The average Bonchev–Trinajstić information content (AvgIpc) is 2.68. The molecule has 0 unspecified atom stereocenters. The normalized spacial score (nSPS) is 10.0. The second-order valence-corrected chi connectivity index (χ2v) is 6.41. The van der Waals surface area contributed by atoms with Crippen LogP contribution in [0.5, 0.6) is 0 Å². The van der Waals surface area contributed by atoms with E-state index < -0.39 is 37.0 Å². The summed E-state index contributed by atoms with van der Waals surface area (Å²) in [7, 11) is 0. The lowest BCUT2D eigenvalue weighted by Gasteiger charge is -2.11. The summed E-state index contributed by atoms with van der Waals surface area (Å²) >= 11 is 0. The van der Waals surface area contributed by atoms with E-state index in [-0.39, 0.29) is 0 Å². The minimum absolute atomic E-state index is 0.394. The summed E-state index contributed by atoms with van der Waals surface area (Å²) in [5.41, 5.74) is 3.67. The van der Waals surface area contributed by atoms with Crippen molar-refractivity contribution >= 4 is 29.5 Å². The van der Waals surface area contributed by atoms with Crippen LogP contribution in [0, 0.1) is 20.8 Å². The van der Waals surface area contributed by atoms with Gasteiger partial charge in [0.2, 0.25) is 0 Å². The third-order valence-corrected chi connectivity index (χ3v) is 4.25. The maximum atomic E-state index is 12.0. The van der Waals surface area contributed by atoms with Gasteiger partial charge in [-0.3, -0.25) is 19.7 Å². The molecule has 0 bridgehead atoms. The third kappa shape index (κ3) is 6.46. The molecule has 0 saturated heterocycles. The van der Waals surface area contributed by atoms with E-state index in [4.69, 9.17) is 4.74 Å². The fourth-order valence-electron chi connectivity index (χ4n) is 2.48. The van der Waals surface area contributed by atoms with E-state index in [0.29, 0.717) is 11.3 Å². The highest BCUT2D eigenvalue weighted by atomic mass is 16.5. The zero-order chi connectivity index (χ0) is 21.4. The van der Waals surface area contributed by atoms with Crippen LogP contribution in [0.15, 0.2) is 42.5 Å². The molecule has 0 aromatic heterocycles. The second kappa shape index (κ2) is 10.0. The Morgan fingerprint density at radius 3 is 2.31 bits per heavy atom. The Balaban J connectivity index is 1.73. The van der Waals surface area contributed by atoms with Crippen LogP contribution in [0.1, 0.15) is 27.0 Å². The van der Waals surface area contributed by atoms with Crippen molar-refractivity contribution in [3.05, 3.63) is 64.7 Å². The lowest BCUT2D eigenvalue weighted by Crippen LogP contribution is -2.38. The number of aryl methyl sites for hydroxylation is 2. The van der Waals surface area contributed by atoms with Crippen LogP contribution in [0.3, 0.4) is 0 Å². The molecule has 8 heteroatoms. The molecule has 0 atom stereocenters. The number of esters is 1. The smallest absolute Gasteiger partial charge is 0.325 e. The van der Waals surface area contributed by atoms with Crippen molar-refractivity contribution in [2.45, 2.75) is 20.8 Å². The second-order valence-electron chi connectivity index (χ2n) is 6.41. The lowest BCUT2D eigenvalue weighted by atomic mass is 10.1. The Bertz CT molecular complexity index is 940. The van der Waals surface area contributed by atoms with Crippen LogP contribution in [-0.4, -0.2) is 37.0 Å². The highest BCUT2D eigenvalue weighted by Gasteiger charge is 2.14. The molecule has 0 aliphatic heterocycles. The van der Waals surface area contributed by atoms with Crippen molar-refractivity contribution in [1.29, 1.82) is 0 Å². The van der Waals surface area contributed by atoms with Crippen LogP contribution in [-0.2, 0) is 14.3 Å². The molecule has 0 spiro atoms. The van der Waals surface area contributed by atoms with Gasteiger partial charge in [0.25, 0.3) is 11.8 Å². The van der Waals surface area contributed by atoms with Crippen LogP contribution < -0.4 is 16.0 Å². The van der Waals surface area contributed by atoms with Gasteiger partial charge >= 0.3 is 12.0 Å². The average molecular weight is 397 g/mol. The highest BCUT2D eigenvalue weighted by Crippen LogP contribution is 2.17. The summed E-state index contributed by atoms with van der Waals surface area (Å²) in [4.78, 5) is 47.4. The van der Waals surface area contributed by atoms with E-state index in [1.165, 1.54) is 0 Å². The molecule has 0 heterocycles. The molecule has 3 N–H and O–H groups in total. The summed E-state index contributed by atoms with van der Waals surface area (Å²) in [6, 6.07) is 11.6. The number of anilines is 1. The quantitative estimate of drug-likeness (QED) is 0.647. The first-order valence-electron chi connectivity index (χ1n) is 8.94. The molecule has 152 valence electrons. The molecule has 8 nitrogen and oxygen atoms in total. The number of hydrogen-bond acceptors (Lipinski definition) is 5. The van der Waals surface area contributed by atoms with Gasteiger partial charge in [-0.05, 0) is 49.6 Å². The van der Waals surface area contributed by atoms with Gasteiger partial charge in [0, 0.05) is 11.3 Å². The summed E-state index contributed by atoms with van der Waals surface area (Å²) < 4.78 is 4.77. The Morgan fingerprint density at radius 1 is 0.897 bits per heavy atom. The standard InChI is InChI=1S/C21H23N3O5/c1-13-8-6-10-17(15(13)3)23-21(28)24-18(25)12-29-19(26)11-22-20(27)16-9-5-4-7-14(16)2/h4-10H,11-12H2,1-3H3,(H,22,27)(H2,23,24,25,28). The largest absolute Gasteiger partial charge is 0.454 e. The predicted molar refractivity (Wildman–Crippen MR) is 108 cm³/mol. The first-order chi connectivity index (χ1) is 13.8. The number of rotatable bonds is 6. The first-order valence-corrected chi connectivity index (χ1v) is 8.94. The van der Waals surface area contributed by atoms with Gasteiger partial charge in [-0.1, -0.05) is 30.3 Å². The van der Waals surface area contributed by atoms with Crippen molar-refractivity contribution in [3.8, 4) is 0 Å². The van der Waals surface area contributed by atoms with E-state index in [0.717, 1.165) is 16.7 Å². The Morgan fingerprint density at radius 2 is 1.59 bits per heavy atom. The molecule has 2 aromatic carbocycles. The minimum Gasteiger partial charge on any atom is -0.454 e. The lowest BCUT2D eigenvalue weighted by molar-refractivity contribution is -0.147. The van der Waals surface area contributed by atoms with Crippen molar-refractivity contribution in [2.75, 3.05) is 18.5 Å². The number of carbonyl (C=O) groups excluding carboxylic acids is 4. The molecule has 0 aliphatic rings. The molecule has 0 saturated carbocycles. The number of hydrogen-bond donors (Lipinski definition) is 3. The maximum Gasteiger partial charge on any atom is 0.325 e. The number of imide groups is 1. The topological polar surface area (TPSA) is 114 Å². The summed E-state index contributed by atoms with van der Waals surface area (Å²) in [5.74, 6) is -2.00. The van der Waals surface area contributed by atoms with E-state index in [9.17, 15) is 19.2 Å². The highest BCUT2D eigenvalue weighted by molar-refractivity contribution is 6.02. The monoisotopic (exact) mass is 397 g/mol. The molecule has 2 aromatic rings. The molecule has 2 rings (SSSR count). The van der Waals surface area contributed by atoms with Gasteiger partial charge < -0.3 is 15.4 Å². The van der Waals surface area contributed by atoms with E-state index in [1.807, 2.05) is 19.9 Å². The molecular formula is C21H23N3O5. The van der Waals surface area contributed by atoms with Gasteiger partial charge in [-0.2, -0.15) is 0 Å². The van der Waals surface area contributed by atoms with Crippen molar-refractivity contribution in [1.82, 2.24) is 10.6 Å². The Hall–Kier alpha value is -3.68. The number of nitrogens with one attached hydrogen (secondary N) is 3. The number of urea groups is 1. The summed E-state index contributed by atoms with van der Waals surface area (Å²) in [6.07, 6.45) is 0. The number of carbonyl (C=O) groups is 4. The number of amides is 4. The first kappa shape index (κ1) is 21.6. The molecule has 4 amide bonds. The molecule has 29 heavy (non-hydrogen) atoms. The van der Waals surface area contributed by atoms with Crippen LogP contribution >= 0.6 is 0 Å². The number of ether oxygens (including phenoxy) is 1. The van der Waals surface area contributed by atoms with Crippen LogP contribution in [0.25, 0.3) is 0 Å². The van der Waals surface area contributed by atoms with Crippen LogP contribution in [0.4, 0.5) is 10.5 Å². The van der Waals surface area contributed by atoms with Gasteiger partial charge in [0.1, 0.15) is 6.54 Å². The molecule has 0 aliphatic carbocycles. The zero-order valence-electron chi connectivity index (χ0n) is 16.5. The molecular weight excluding hydrogens is 374 g/mol. The molecule has 0 radical (unpaired) electrons. The van der Waals surface area contributed by atoms with Gasteiger partial charge in [-0.15, -0.1) is 0 Å². The summed E-state index contributed by atoms with van der Waals surface area (Å²) in [5, 5.41) is 7.06. The summed E-state index contributed by atoms with van der Waals surface area (Å²) in [6.45, 7) is 4.50. The molecule has 0 fully saturated rings. The van der Waals surface area contributed by atoms with E-state index >= 15 is 0 Å². The Labute approximate surface area is 168 Å². The Kier molecular flexibility index (Phi) is 7.47. The van der Waals surface area contributed by atoms with Gasteiger partial charge in [-0.25, -0.2) is 4.79 Å². The fraction of sp³-hybridized carbons (Fsp3) is 0.238. The van der Waals surface area contributed by atoms with Crippen molar-refractivity contribution < 1.29 is 23.9 Å². The van der Waals surface area contributed by atoms with Gasteiger partial charge in [0.15, 0.2) is 6.61 Å². The minimum atomic E-state index is -0.794. The number of benzene rings is 2. The van der Waals surface area contributed by atoms with E-state index in [1.54, 1.807) is 43.3 Å². The van der Waals surface area contributed by atoms with Crippen molar-refractivity contribution in [2.24, 2.45) is 0 Å². The predicted octanol–water partition coefficient (Wildman–Crippen LogP) is 2.23. The zero-order valence-corrected chi connectivity index (χ0v) is 16.5. The van der Waals surface area contributed by atoms with Crippen LogP contribution in [0.2, 0.25) is 0 Å².